The summed E-state index contributed by atoms with van der Waals surface area (Å²) < 4.78 is 0. The quantitative estimate of drug-likeness (QED) is 0.697. The van der Waals surface area contributed by atoms with E-state index in [1.54, 1.807) is 0 Å². The molecule has 0 aliphatic rings. The normalized spacial score (nSPS) is 8.57. The Morgan fingerprint density at radius 3 is 1.71 bits per heavy atom. The van der Waals surface area contributed by atoms with Gasteiger partial charge in [-0.2, -0.15) is 0 Å². The summed E-state index contributed by atoms with van der Waals surface area (Å²) in [5, 5.41) is -0.370. The highest BCUT2D eigenvalue weighted by Gasteiger charge is 2.09. The van der Waals surface area contributed by atoms with E-state index in [-0.39, 0.29) is 30.1 Å². The van der Waals surface area contributed by atoms with Crippen LogP contribution in [0.1, 0.15) is 27.0 Å². The van der Waals surface area contributed by atoms with E-state index < -0.39 is 0 Å². The molecule has 0 heterocycles. The van der Waals surface area contributed by atoms with Crippen molar-refractivity contribution in [2.75, 3.05) is 0 Å². The molecule has 80 valence electrons. The van der Waals surface area contributed by atoms with Crippen LogP contribution in [-0.2, 0) is 0 Å². The maximum atomic E-state index is 11.0. The Hall–Kier alpha value is -0.240. The number of carbonyl (C=O) groups is 1. The zero-order valence-electron chi connectivity index (χ0n) is 8.26. The molecule has 1 rings (SSSR count). The zero-order chi connectivity index (χ0) is 9.30. The molecule has 0 saturated carbocycles. The Labute approximate surface area is 102 Å². The first kappa shape index (κ1) is 16.2. The molecule has 0 aliphatic heterocycles. The van der Waals surface area contributed by atoms with E-state index in [9.17, 15) is 4.79 Å². The fourth-order valence-corrected chi connectivity index (χ4v) is 1.79. The van der Waals surface area contributed by atoms with Crippen LogP contribution in [0.15, 0.2) is 12.1 Å². The summed E-state index contributed by atoms with van der Waals surface area (Å²) in [4.78, 5) is 11.0. The van der Waals surface area contributed by atoms with Gasteiger partial charge in [0.15, 0.2) is 0 Å². The maximum absolute atomic E-state index is 11.0. The highest BCUT2D eigenvalue weighted by atomic mass is 35.5. The number of rotatable bonds is 1. The van der Waals surface area contributed by atoms with Crippen LogP contribution in [0.25, 0.3) is 0 Å². The molecule has 1 aromatic carbocycles. The van der Waals surface area contributed by atoms with Gasteiger partial charge in [-0.1, -0.05) is 17.7 Å². The summed E-state index contributed by atoms with van der Waals surface area (Å²) in [6.45, 7) is 5.80. The smallest absolute Gasteiger partial charge is 0.252 e. The second-order valence-electron chi connectivity index (χ2n) is 3.05. The topological polar surface area (TPSA) is 17.1 Å². The van der Waals surface area contributed by atoms with E-state index in [0.29, 0.717) is 5.56 Å². The van der Waals surface area contributed by atoms with Crippen molar-refractivity contribution < 1.29 is 4.79 Å². The Morgan fingerprint density at radius 2 is 1.43 bits per heavy atom. The monoisotopic (exact) mass is 254 g/mol. The van der Waals surface area contributed by atoms with Gasteiger partial charge in [-0.3, -0.25) is 4.79 Å². The van der Waals surface area contributed by atoms with Crippen LogP contribution in [0.5, 0.6) is 0 Å². The van der Waals surface area contributed by atoms with Crippen molar-refractivity contribution in [1.29, 1.82) is 0 Å². The fourth-order valence-electron chi connectivity index (χ4n) is 1.49. The summed E-state index contributed by atoms with van der Waals surface area (Å²) >= 11 is 5.43. The highest BCUT2D eigenvalue weighted by Crippen LogP contribution is 2.17. The van der Waals surface area contributed by atoms with Gasteiger partial charge in [0, 0.05) is 5.56 Å². The molecule has 0 aromatic heterocycles. The predicted octanol–water partition coefficient (Wildman–Crippen LogP) is 3.83. The van der Waals surface area contributed by atoms with Crippen molar-refractivity contribution >= 4 is 41.7 Å². The van der Waals surface area contributed by atoms with Crippen molar-refractivity contribution in [3.63, 3.8) is 0 Å². The molecule has 0 unspecified atom stereocenters. The Balaban J connectivity index is 0. The van der Waals surface area contributed by atoms with E-state index in [4.69, 9.17) is 11.6 Å². The average Bonchev–Trinajstić information content (AvgIpc) is 1.82. The number of hydrogen-bond donors (Lipinski definition) is 0. The molecule has 0 bridgehead atoms. The van der Waals surface area contributed by atoms with Gasteiger partial charge in [-0.25, -0.2) is 0 Å². The van der Waals surface area contributed by atoms with Crippen LogP contribution < -0.4 is 0 Å². The molecular weight excluding hydrogens is 242 g/mol. The van der Waals surface area contributed by atoms with Crippen LogP contribution in [-0.4, -0.2) is 5.24 Å². The lowest BCUT2D eigenvalue weighted by Gasteiger charge is -2.05. The van der Waals surface area contributed by atoms with Gasteiger partial charge in [-0.15, -0.1) is 24.8 Å². The molecule has 0 saturated heterocycles. The molecule has 14 heavy (non-hydrogen) atoms. The average molecular weight is 256 g/mol. The van der Waals surface area contributed by atoms with Crippen molar-refractivity contribution in [3.8, 4) is 0 Å². The minimum Gasteiger partial charge on any atom is -0.276 e. The summed E-state index contributed by atoms with van der Waals surface area (Å²) in [6, 6.07) is 3.92. The molecule has 1 aromatic rings. The van der Waals surface area contributed by atoms with E-state index in [2.05, 4.69) is 0 Å². The van der Waals surface area contributed by atoms with Crippen molar-refractivity contribution in [2.45, 2.75) is 20.8 Å². The van der Waals surface area contributed by atoms with E-state index in [0.717, 1.165) is 16.7 Å². The first-order valence-electron chi connectivity index (χ1n) is 3.80. The lowest BCUT2D eigenvalue weighted by atomic mass is 10.0. The molecule has 0 atom stereocenters. The molecule has 0 N–H and O–H groups in total. The van der Waals surface area contributed by atoms with Crippen LogP contribution in [0.3, 0.4) is 0 Å². The standard InChI is InChI=1S/C10H11ClO.2ClH/c1-6-4-7(2)9(10(11)12)8(3)5-6;;/h4-5H,1-3H3;2*1H. The maximum Gasteiger partial charge on any atom is 0.252 e. The Kier molecular flexibility index (Phi) is 7.27. The van der Waals surface area contributed by atoms with E-state index in [1.165, 1.54) is 0 Å². The third-order valence-electron chi connectivity index (χ3n) is 1.87. The molecular formula is C10H13Cl3O. The first-order valence-corrected chi connectivity index (χ1v) is 4.18. The molecule has 0 spiro atoms. The summed E-state index contributed by atoms with van der Waals surface area (Å²) in [7, 11) is 0. The van der Waals surface area contributed by atoms with Gasteiger partial charge in [0.25, 0.3) is 5.24 Å². The minimum atomic E-state index is -0.370. The van der Waals surface area contributed by atoms with Gasteiger partial charge >= 0.3 is 0 Å². The Morgan fingerprint density at radius 1 is 1.07 bits per heavy atom. The molecule has 0 fully saturated rings. The zero-order valence-corrected chi connectivity index (χ0v) is 10.6. The van der Waals surface area contributed by atoms with Crippen molar-refractivity contribution in [3.05, 3.63) is 34.4 Å². The number of hydrogen-bond acceptors (Lipinski definition) is 1. The van der Waals surface area contributed by atoms with E-state index >= 15 is 0 Å². The first-order chi connectivity index (χ1) is 5.52. The van der Waals surface area contributed by atoms with Crippen LogP contribution in [0, 0.1) is 20.8 Å². The largest absolute Gasteiger partial charge is 0.276 e. The number of benzene rings is 1. The number of halogens is 3. The van der Waals surface area contributed by atoms with Crippen molar-refractivity contribution in [2.24, 2.45) is 0 Å². The summed E-state index contributed by atoms with van der Waals surface area (Å²) in [6.07, 6.45) is 0. The molecule has 4 heteroatoms. The van der Waals surface area contributed by atoms with Crippen molar-refractivity contribution in [1.82, 2.24) is 0 Å². The van der Waals surface area contributed by atoms with Crippen LogP contribution in [0.4, 0.5) is 0 Å². The van der Waals surface area contributed by atoms with Crippen LogP contribution in [0.2, 0.25) is 0 Å². The second-order valence-corrected chi connectivity index (χ2v) is 3.39. The molecule has 0 aliphatic carbocycles. The highest BCUT2D eigenvalue weighted by molar-refractivity contribution is 6.68. The minimum absolute atomic E-state index is 0. The molecule has 0 amide bonds. The summed E-state index contributed by atoms with van der Waals surface area (Å²) in [5.74, 6) is 0. The lowest BCUT2D eigenvalue weighted by molar-refractivity contribution is 0.108. The summed E-state index contributed by atoms with van der Waals surface area (Å²) in [5.41, 5.74) is 3.70. The van der Waals surface area contributed by atoms with E-state index in [1.807, 2.05) is 32.9 Å². The van der Waals surface area contributed by atoms with Crippen LogP contribution >= 0.6 is 36.4 Å². The third kappa shape index (κ3) is 3.49. The number of carbonyl (C=O) groups excluding carboxylic acids is 1. The molecule has 1 nitrogen and oxygen atoms in total. The fraction of sp³-hybridized carbons (Fsp3) is 0.300. The second kappa shape index (κ2) is 6.28. The van der Waals surface area contributed by atoms with Gasteiger partial charge in [0.2, 0.25) is 0 Å². The predicted molar refractivity (Wildman–Crippen MR) is 65.3 cm³/mol. The van der Waals surface area contributed by atoms with Gasteiger partial charge in [-0.05, 0) is 43.5 Å². The Bertz CT molecular complexity index is 311. The van der Waals surface area contributed by atoms with Gasteiger partial charge in [0.05, 0.1) is 0 Å². The van der Waals surface area contributed by atoms with Gasteiger partial charge < -0.3 is 0 Å². The van der Waals surface area contributed by atoms with Gasteiger partial charge in [0.1, 0.15) is 0 Å². The number of aryl methyl sites for hydroxylation is 3. The lowest BCUT2D eigenvalue weighted by Crippen LogP contribution is -1.98. The third-order valence-corrected chi connectivity index (χ3v) is 2.06. The molecule has 0 radical (unpaired) electrons. The SMILES string of the molecule is Cc1cc(C)c(C(=O)Cl)c(C)c1.Cl.Cl.